The first kappa shape index (κ1) is 11.3. The number of fused-ring (bicyclic) bond motifs is 2. The van der Waals surface area contributed by atoms with E-state index in [9.17, 15) is 0 Å². The summed E-state index contributed by atoms with van der Waals surface area (Å²) in [5.41, 5.74) is 2.15. The van der Waals surface area contributed by atoms with Crippen LogP contribution in [0.1, 0.15) is 18.4 Å². The molecule has 1 aromatic rings. The molecule has 2 aliphatic rings. The van der Waals surface area contributed by atoms with Crippen molar-refractivity contribution in [1.29, 1.82) is 0 Å². The van der Waals surface area contributed by atoms with Crippen LogP contribution in [0.5, 0.6) is 0 Å². The third-order valence-corrected chi connectivity index (χ3v) is 4.25. The summed E-state index contributed by atoms with van der Waals surface area (Å²) in [4.78, 5) is 6.75. The van der Waals surface area contributed by atoms with Crippen LogP contribution in [0.15, 0.2) is 12.3 Å². The first-order chi connectivity index (χ1) is 8.22. The van der Waals surface area contributed by atoms with Crippen molar-refractivity contribution in [3.8, 4) is 0 Å². The van der Waals surface area contributed by atoms with Gasteiger partial charge in [-0.05, 0) is 43.9 Å². The summed E-state index contributed by atoms with van der Waals surface area (Å²) in [5, 5.41) is 4.19. The highest BCUT2D eigenvalue weighted by Crippen LogP contribution is 2.31. The average molecular weight is 252 g/mol. The molecule has 3 unspecified atom stereocenters. The largest absolute Gasteiger partial charge is 0.379 e. The topological polar surface area (TPSA) is 28.2 Å². The second-order valence-corrected chi connectivity index (χ2v) is 5.60. The summed E-state index contributed by atoms with van der Waals surface area (Å²) in [7, 11) is 0. The summed E-state index contributed by atoms with van der Waals surface area (Å²) < 4.78 is 0. The van der Waals surface area contributed by atoms with E-state index in [1.807, 2.05) is 13.1 Å². The number of anilines is 1. The SMILES string of the molecule is Cc1cnc(Cl)c(NC2CCN3CCC2C3)c1. The molecule has 3 atom stereocenters. The molecule has 17 heavy (non-hydrogen) atoms. The lowest BCUT2D eigenvalue weighted by Gasteiger charge is -2.31. The smallest absolute Gasteiger partial charge is 0.152 e. The van der Waals surface area contributed by atoms with Crippen LogP contribution in [0.2, 0.25) is 5.15 Å². The van der Waals surface area contributed by atoms with E-state index in [1.54, 1.807) is 0 Å². The number of pyridine rings is 1. The molecule has 1 aromatic heterocycles. The van der Waals surface area contributed by atoms with Gasteiger partial charge in [-0.1, -0.05) is 11.6 Å². The minimum absolute atomic E-state index is 0.565. The molecule has 3 nitrogen and oxygen atoms in total. The zero-order valence-electron chi connectivity index (χ0n) is 10.1. The van der Waals surface area contributed by atoms with Crippen LogP contribution in [-0.4, -0.2) is 35.6 Å². The molecule has 0 saturated carbocycles. The molecule has 3 rings (SSSR count). The van der Waals surface area contributed by atoms with Crippen molar-refractivity contribution in [3.63, 3.8) is 0 Å². The second kappa shape index (κ2) is 4.46. The highest BCUT2D eigenvalue weighted by Gasteiger charge is 2.34. The summed E-state index contributed by atoms with van der Waals surface area (Å²) in [6.07, 6.45) is 4.34. The average Bonchev–Trinajstić information content (AvgIpc) is 2.70. The number of nitrogens with zero attached hydrogens (tertiary/aromatic N) is 2. The molecule has 2 bridgehead atoms. The van der Waals surface area contributed by atoms with Crippen LogP contribution < -0.4 is 5.32 Å². The van der Waals surface area contributed by atoms with Gasteiger partial charge in [-0.2, -0.15) is 0 Å². The Labute approximate surface area is 107 Å². The van der Waals surface area contributed by atoms with E-state index < -0.39 is 0 Å². The van der Waals surface area contributed by atoms with E-state index in [2.05, 4.69) is 21.3 Å². The number of nitrogens with one attached hydrogen (secondary N) is 1. The van der Waals surface area contributed by atoms with E-state index in [0.29, 0.717) is 11.2 Å². The fourth-order valence-corrected chi connectivity index (χ4v) is 3.15. The number of aryl methyl sites for hydroxylation is 1. The molecule has 3 heterocycles. The molecule has 0 spiro atoms. The zero-order valence-corrected chi connectivity index (χ0v) is 10.9. The van der Waals surface area contributed by atoms with Gasteiger partial charge in [0.05, 0.1) is 5.69 Å². The zero-order chi connectivity index (χ0) is 11.8. The highest BCUT2D eigenvalue weighted by molar-refractivity contribution is 6.31. The third-order valence-electron chi connectivity index (χ3n) is 3.95. The van der Waals surface area contributed by atoms with E-state index in [1.165, 1.54) is 32.5 Å². The van der Waals surface area contributed by atoms with Crippen molar-refractivity contribution >= 4 is 17.3 Å². The molecule has 2 fully saturated rings. The van der Waals surface area contributed by atoms with E-state index in [4.69, 9.17) is 11.6 Å². The lowest BCUT2D eigenvalue weighted by molar-refractivity contribution is 0.255. The van der Waals surface area contributed by atoms with E-state index in [-0.39, 0.29) is 0 Å². The molecule has 0 amide bonds. The Kier molecular flexibility index (Phi) is 2.97. The standard InChI is InChI=1S/C13H18ClN3/c1-9-6-12(13(14)15-7-9)16-11-3-5-17-4-2-10(11)8-17/h6-7,10-11,16H,2-5,8H2,1H3. The summed E-state index contributed by atoms with van der Waals surface area (Å²) in [6.45, 7) is 5.77. The molecular weight excluding hydrogens is 234 g/mol. The Hall–Kier alpha value is -0.800. The molecule has 2 aliphatic heterocycles. The quantitative estimate of drug-likeness (QED) is 0.819. The van der Waals surface area contributed by atoms with Gasteiger partial charge in [0.25, 0.3) is 0 Å². The van der Waals surface area contributed by atoms with Crippen molar-refractivity contribution in [2.75, 3.05) is 25.0 Å². The third kappa shape index (κ3) is 2.26. The predicted molar refractivity (Wildman–Crippen MR) is 70.6 cm³/mol. The lowest BCUT2D eigenvalue weighted by atomic mass is 9.94. The van der Waals surface area contributed by atoms with E-state index in [0.717, 1.165) is 17.2 Å². The van der Waals surface area contributed by atoms with Crippen LogP contribution in [-0.2, 0) is 0 Å². The van der Waals surface area contributed by atoms with Crippen molar-refractivity contribution in [2.45, 2.75) is 25.8 Å². The number of hydrogen-bond donors (Lipinski definition) is 1. The molecule has 4 heteroatoms. The van der Waals surface area contributed by atoms with Gasteiger partial charge in [0.15, 0.2) is 5.15 Å². The normalized spacial score (nSPS) is 31.5. The lowest BCUT2D eigenvalue weighted by Crippen LogP contribution is -2.39. The Bertz CT molecular complexity index is 421. The summed E-state index contributed by atoms with van der Waals surface area (Å²) in [5.74, 6) is 0.778. The van der Waals surface area contributed by atoms with Gasteiger partial charge in [-0.25, -0.2) is 4.98 Å². The number of halogens is 1. The number of piperidine rings is 1. The first-order valence-electron chi connectivity index (χ1n) is 6.33. The Balaban J connectivity index is 1.75. The van der Waals surface area contributed by atoms with Crippen LogP contribution >= 0.6 is 11.6 Å². The molecule has 92 valence electrons. The number of aromatic nitrogens is 1. The van der Waals surface area contributed by atoms with Gasteiger partial charge < -0.3 is 10.2 Å². The fraction of sp³-hybridized carbons (Fsp3) is 0.615. The minimum Gasteiger partial charge on any atom is -0.379 e. The Morgan fingerprint density at radius 3 is 3.12 bits per heavy atom. The first-order valence-corrected chi connectivity index (χ1v) is 6.71. The van der Waals surface area contributed by atoms with Gasteiger partial charge in [0, 0.05) is 25.3 Å². The number of rotatable bonds is 2. The van der Waals surface area contributed by atoms with Gasteiger partial charge in [-0.15, -0.1) is 0 Å². The molecule has 0 radical (unpaired) electrons. The highest BCUT2D eigenvalue weighted by atomic mass is 35.5. The van der Waals surface area contributed by atoms with Crippen LogP contribution in [0.25, 0.3) is 0 Å². The van der Waals surface area contributed by atoms with Gasteiger partial charge in [-0.3, -0.25) is 0 Å². The number of hydrogen-bond acceptors (Lipinski definition) is 3. The van der Waals surface area contributed by atoms with Crippen molar-refractivity contribution in [2.24, 2.45) is 5.92 Å². The second-order valence-electron chi connectivity index (χ2n) is 5.24. The summed E-state index contributed by atoms with van der Waals surface area (Å²) >= 11 is 6.13. The van der Waals surface area contributed by atoms with Crippen LogP contribution in [0.4, 0.5) is 5.69 Å². The maximum absolute atomic E-state index is 6.13. The molecule has 0 aliphatic carbocycles. The molecule has 0 aromatic carbocycles. The van der Waals surface area contributed by atoms with Crippen LogP contribution in [0, 0.1) is 12.8 Å². The molecule has 1 N–H and O–H groups in total. The van der Waals surface area contributed by atoms with Crippen molar-refractivity contribution in [1.82, 2.24) is 9.88 Å². The predicted octanol–water partition coefficient (Wildman–Crippen LogP) is 2.55. The molecular formula is C13H18ClN3. The van der Waals surface area contributed by atoms with Crippen molar-refractivity contribution < 1.29 is 0 Å². The molecule has 2 saturated heterocycles. The maximum Gasteiger partial charge on any atom is 0.152 e. The van der Waals surface area contributed by atoms with Gasteiger partial charge >= 0.3 is 0 Å². The van der Waals surface area contributed by atoms with Gasteiger partial charge in [0.1, 0.15) is 0 Å². The Morgan fingerprint density at radius 1 is 1.41 bits per heavy atom. The Morgan fingerprint density at radius 2 is 2.24 bits per heavy atom. The fourth-order valence-electron chi connectivity index (χ4n) is 2.99. The van der Waals surface area contributed by atoms with Gasteiger partial charge in [0.2, 0.25) is 0 Å². The monoisotopic (exact) mass is 251 g/mol. The minimum atomic E-state index is 0.565. The summed E-state index contributed by atoms with van der Waals surface area (Å²) in [6, 6.07) is 2.66. The van der Waals surface area contributed by atoms with E-state index >= 15 is 0 Å². The maximum atomic E-state index is 6.13. The van der Waals surface area contributed by atoms with Crippen LogP contribution in [0.3, 0.4) is 0 Å². The van der Waals surface area contributed by atoms with Crippen molar-refractivity contribution in [3.05, 3.63) is 23.0 Å².